The van der Waals surface area contributed by atoms with Gasteiger partial charge in [-0.25, -0.2) is 4.98 Å². The Balaban J connectivity index is 1.42. The third-order valence-corrected chi connectivity index (χ3v) is 16.4. The van der Waals surface area contributed by atoms with Crippen molar-refractivity contribution in [3.05, 3.63) is 45.9 Å². The second-order valence-corrected chi connectivity index (χ2v) is 24.2. The van der Waals surface area contributed by atoms with E-state index in [0.29, 0.717) is 30.8 Å². The van der Waals surface area contributed by atoms with Gasteiger partial charge in [0.25, 0.3) is 5.91 Å². The van der Waals surface area contributed by atoms with Gasteiger partial charge in [0.2, 0.25) is 41.4 Å². The molecule has 4 rings (SSSR count). The molecule has 470 valence electrons. The van der Waals surface area contributed by atoms with Gasteiger partial charge >= 0.3 is 11.9 Å². The quantitative estimate of drug-likeness (QED) is 0.0264. The SMILES string of the molecule is CCCCCCN(C(=O)[C@@H](NC(=O)[C@@]1(C)CCCN1C(=O)CNC(=O)CNC(=O)CNC(=O)CNC(=O)COC1C#CCCCCC1)[C@@H](C)CC)[C@H](C[C@@H](OC(C)=O)c1nc(C(=O)N[C@@H](Cc2ccc(O)cc2)CC(C)(C)C(=O)O)cs1)C(C)C. The summed E-state index contributed by atoms with van der Waals surface area (Å²) in [4.78, 5) is 140. The Morgan fingerprint density at radius 3 is 2.12 bits per heavy atom. The van der Waals surface area contributed by atoms with Gasteiger partial charge in [-0.3, -0.25) is 47.9 Å². The van der Waals surface area contributed by atoms with Gasteiger partial charge in [-0.1, -0.05) is 84.8 Å². The highest BCUT2D eigenvalue weighted by Crippen LogP contribution is 2.34. The second kappa shape index (κ2) is 34.7. The molecule has 0 spiro atoms. The summed E-state index contributed by atoms with van der Waals surface area (Å²) in [6.07, 6.45) is 8.11. The molecule has 8 amide bonds. The number of hydrogen-bond donors (Lipinski definition) is 8. The summed E-state index contributed by atoms with van der Waals surface area (Å²) in [6, 6.07) is 4.12. The smallest absolute Gasteiger partial charge is 0.309 e. The number of carbonyl (C=O) groups excluding carboxylic acids is 9. The molecule has 1 aliphatic heterocycles. The van der Waals surface area contributed by atoms with Crippen LogP contribution in [0.25, 0.3) is 0 Å². The van der Waals surface area contributed by atoms with Crippen molar-refractivity contribution < 1.29 is 67.6 Å². The van der Waals surface area contributed by atoms with E-state index in [1.54, 1.807) is 37.8 Å². The van der Waals surface area contributed by atoms with Gasteiger partial charge in [0, 0.05) is 50.3 Å². The number of phenols is 1. The normalized spacial score (nSPS) is 17.7. The third kappa shape index (κ3) is 23.0. The van der Waals surface area contributed by atoms with E-state index in [-0.39, 0.29) is 74.1 Å². The molecule has 0 bridgehead atoms. The number of aromatic nitrogens is 1. The Kier molecular flexibility index (Phi) is 28.7. The Hall–Kier alpha value is -7.13. The predicted molar refractivity (Wildman–Crippen MR) is 318 cm³/mol. The third-order valence-electron chi connectivity index (χ3n) is 15.5. The van der Waals surface area contributed by atoms with Gasteiger partial charge in [-0.05, 0) is 102 Å². The Bertz CT molecular complexity index is 2670. The largest absolute Gasteiger partial charge is 0.508 e. The van der Waals surface area contributed by atoms with Crippen LogP contribution in [0.1, 0.15) is 179 Å². The first-order valence-corrected chi connectivity index (χ1v) is 30.7. The Labute approximate surface area is 504 Å². The number of unbranched alkanes of at least 4 members (excludes halogenated alkanes) is 3. The van der Waals surface area contributed by atoms with Crippen molar-refractivity contribution in [2.24, 2.45) is 17.3 Å². The number of hydrogen-bond acceptors (Lipinski definition) is 15. The molecule has 2 aliphatic rings. The molecule has 7 atom stereocenters. The molecule has 24 heteroatoms. The number of likely N-dealkylation sites (tertiary alicyclic amines) is 1. The minimum atomic E-state index is -1.41. The zero-order valence-electron chi connectivity index (χ0n) is 51.0. The molecule has 1 aromatic carbocycles. The molecule has 1 fully saturated rings. The van der Waals surface area contributed by atoms with E-state index in [9.17, 15) is 53.4 Å². The van der Waals surface area contributed by atoms with E-state index < -0.39 is 115 Å². The molecular formula is C61H91N9O14S. The lowest BCUT2D eigenvalue weighted by atomic mass is 9.84. The number of aliphatic carboxylic acids is 1. The molecule has 8 N–H and O–H groups in total. The highest BCUT2D eigenvalue weighted by atomic mass is 32.1. The van der Waals surface area contributed by atoms with Crippen LogP contribution in [-0.4, -0.2) is 160 Å². The highest BCUT2D eigenvalue weighted by Gasteiger charge is 2.48. The molecule has 85 heavy (non-hydrogen) atoms. The minimum Gasteiger partial charge on any atom is -0.508 e. The summed E-state index contributed by atoms with van der Waals surface area (Å²) in [6.45, 7) is 14.1. The van der Waals surface area contributed by atoms with Crippen LogP contribution in [0.5, 0.6) is 5.75 Å². The number of phenolic OH excluding ortho intramolecular Hbond substituents is 1. The van der Waals surface area contributed by atoms with Crippen LogP contribution in [-0.2, 0) is 59.0 Å². The maximum absolute atomic E-state index is 15.3. The van der Waals surface area contributed by atoms with E-state index in [2.05, 4.69) is 55.6 Å². The monoisotopic (exact) mass is 1210 g/mol. The highest BCUT2D eigenvalue weighted by molar-refractivity contribution is 7.09. The number of esters is 1. The lowest BCUT2D eigenvalue weighted by Gasteiger charge is -2.41. The lowest BCUT2D eigenvalue weighted by Crippen LogP contribution is -2.62. The number of ether oxygens (including phenoxy) is 2. The van der Waals surface area contributed by atoms with Crippen LogP contribution in [0.2, 0.25) is 0 Å². The Morgan fingerprint density at radius 2 is 1.51 bits per heavy atom. The van der Waals surface area contributed by atoms with Gasteiger partial charge in [0.05, 0.1) is 31.6 Å². The summed E-state index contributed by atoms with van der Waals surface area (Å²) in [7, 11) is 0. The van der Waals surface area contributed by atoms with Crippen LogP contribution in [0, 0.1) is 29.1 Å². The number of aromatic hydroxyl groups is 1. The number of thiazole rings is 1. The first kappa shape index (κ1) is 70.4. The average Bonchev–Trinajstić information content (AvgIpc) is 3.55. The first-order chi connectivity index (χ1) is 40.3. The van der Waals surface area contributed by atoms with Crippen molar-refractivity contribution in [3.8, 4) is 17.6 Å². The fraction of sp³-hybridized carbons (Fsp3) is 0.656. The van der Waals surface area contributed by atoms with Crippen LogP contribution < -0.4 is 31.9 Å². The van der Waals surface area contributed by atoms with Crippen LogP contribution in [0.15, 0.2) is 29.6 Å². The van der Waals surface area contributed by atoms with Crippen molar-refractivity contribution in [3.63, 3.8) is 0 Å². The summed E-state index contributed by atoms with van der Waals surface area (Å²) < 4.78 is 11.5. The molecule has 1 aromatic heterocycles. The van der Waals surface area contributed by atoms with Crippen LogP contribution in [0.4, 0.5) is 0 Å². The molecule has 1 aliphatic carbocycles. The van der Waals surface area contributed by atoms with Crippen molar-refractivity contribution in [2.75, 3.05) is 45.9 Å². The summed E-state index contributed by atoms with van der Waals surface area (Å²) in [5.74, 6) is -0.778. The number of carboxylic acids is 1. The van der Waals surface area contributed by atoms with Gasteiger partial charge in [0.15, 0.2) is 6.10 Å². The minimum absolute atomic E-state index is 0.0203. The van der Waals surface area contributed by atoms with Crippen LogP contribution in [0.3, 0.4) is 0 Å². The van der Waals surface area contributed by atoms with Gasteiger partial charge < -0.3 is 61.4 Å². The van der Waals surface area contributed by atoms with E-state index >= 15 is 4.79 Å². The van der Waals surface area contributed by atoms with Crippen LogP contribution >= 0.6 is 11.3 Å². The summed E-state index contributed by atoms with van der Waals surface area (Å²) in [5, 5.41) is 37.3. The topological polar surface area (TPSA) is 321 Å². The summed E-state index contributed by atoms with van der Waals surface area (Å²) >= 11 is 1.10. The number of amides is 8. The van der Waals surface area contributed by atoms with E-state index in [0.717, 1.165) is 68.3 Å². The zero-order valence-corrected chi connectivity index (χ0v) is 51.8. The molecule has 0 saturated carbocycles. The van der Waals surface area contributed by atoms with E-state index in [1.165, 1.54) is 29.3 Å². The number of nitrogens with zero attached hydrogens (tertiary/aromatic N) is 3. The zero-order chi connectivity index (χ0) is 62.9. The number of nitrogens with one attached hydrogen (secondary N) is 6. The standard InChI is InChI=1S/C61H91N9O14S/c1-10-12-13-19-28-69(47(39(3)4)31-48(84-41(6)71)56-67-46(38-85-56)55(78)66-43(32-60(7,8)59(81)82)30-42-23-25-44(72)26-24-42)57(79)54(40(5)11-2)68-58(80)61(9)27-20-29-70(61)53(77)36-65-51(75)34-63-49(73)33-62-50(74)35-64-52(76)37-83-45-21-17-15-14-16-18-22-45/h23-26,38-40,43,45,47-48,54,72H,10-17,19-21,27-37H2,1-9H3,(H,62,74)(H,63,73)(H,64,76)(H,65,75)(H,66,78)(H,68,80)(H,81,82)/t40-,43-,45?,47+,48+,54-,61+/m0/s1. The fourth-order valence-corrected chi connectivity index (χ4v) is 11.0. The van der Waals surface area contributed by atoms with Gasteiger partial charge in [-0.15, -0.1) is 17.3 Å². The maximum Gasteiger partial charge on any atom is 0.309 e. The number of carbonyl (C=O) groups is 10. The Morgan fingerprint density at radius 1 is 0.859 bits per heavy atom. The van der Waals surface area contributed by atoms with Crippen molar-refractivity contribution in [1.82, 2.24) is 46.7 Å². The van der Waals surface area contributed by atoms with Crippen molar-refractivity contribution >= 4 is 70.5 Å². The number of benzene rings is 1. The van der Waals surface area contributed by atoms with Crippen molar-refractivity contribution in [2.45, 2.75) is 194 Å². The molecule has 0 radical (unpaired) electrons. The van der Waals surface area contributed by atoms with Crippen molar-refractivity contribution in [1.29, 1.82) is 0 Å². The fourth-order valence-electron chi connectivity index (χ4n) is 10.2. The summed E-state index contributed by atoms with van der Waals surface area (Å²) in [5.41, 5.74) is -1.84. The van der Waals surface area contributed by atoms with E-state index in [4.69, 9.17) is 9.47 Å². The average molecular weight is 1210 g/mol. The molecule has 23 nitrogen and oxygen atoms in total. The number of rotatable bonds is 34. The number of carboxylic acid groups (broad SMARTS) is 1. The predicted octanol–water partition coefficient (Wildman–Crippen LogP) is 4.85. The molecule has 1 unspecified atom stereocenters. The molecule has 2 heterocycles. The maximum atomic E-state index is 15.3. The van der Waals surface area contributed by atoms with Gasteiger partial charge in [-0.2, -0.15) is 0 Å². The molecular weight excluding hydrogens is 1110 g/mol. The van der Waals surface area contributed by atoms with E-state index in [1.807, 2.05) is 27.7 Å². The second-order valence-electron chi connectivity index (χ2n) is 23.3. The molecule has 1 saturated heterocycles. The lowest BCUT2D eigenvalue weighted by molar-refractivity contribution is -0.150. The molecule has 2 aromatic rings. The van der Waals surface area contributed by atoms with Gasteiger partial charge in [0.1, 0.15) is 40.7 Å². The first-order valence-electron chi connectivity index (χ1n) is 29.8.